The summed E-state index contributed by atoms with van der Waals surface area (Å²) in [6, 6.07) is 0. The predicted octanol–water partition coefficient (Wildman–Crippen LogP) is 2.20. The molecule has 1 aliphatic carbocycles. The molecule has 0 bridgehead atoms. The van der Waals surface area contributed by atoms with E-state index < -0.39 is 10.0 Å². The molecule has 2 aliphatic rings. The minimum absolute atomic E-state index is 0.152. The van der Waals surface area contributed by atoms with Crippen LogP contribution in [-0.4, -0.2) is 35.4 Å². The zero-order chi connectivity index (χ0) is 15.9. The Bertz CT molecular complexity index is 718. The van der Waals surface area contributed by atoms with E-state index in [1.807, 2.05) is 0 Å². The van der Waals surface area contributed by atoms with Crippen molar-refractivity contribution in [2.75, 3.05) is 13.1 Å². The number of nitrogens with zero attached hydrogens (tertiary/aromatic N) is 3. The normalized spacial score (nSPS) is 29.8. The van der Waals surface area contributed by atoms with Crippen LogP contribution in [0.5, 0.6) is 0 Å². The van der Waals surface area contributed by atoms with E-state index in [0.717, 1.165) is 6.42 Å². The lowest BCUT2D eigenvalue weighted by Crippen LogP contribution is -2.31. The fourth-order valence-electron chi connectivity index (χ4n) is 3.55. The Morgan fingerprint density at radius 1 is 1.36 bits per heavy atom. The second-order valence-corrected chi connectivity index (χ2v) is 8.38. The lowest BCUT2D eigenvalue weighted by molar-refractivity contribution is 0.337. The first-order valence-electron chi connectivity index (χ1n) is 7.72. The Balaban J connectivity index is 1.74. The van der Waals surface area contributed by atoms with Gasteiger partial charge in [0, 0.05) is 26.3 Å². The summed E-state index contributed by atoms with van der Waals surface area (Å²) in [5.74, 6) is 1.27. The number of aromatic nitrogens is 2. The van der Waals surface area contributed by atoms with Crippen LogP contribution in [0.2, 0.25) is 0 Å². The fraction of sp³-hybridized carbons (Fsp3) is 0.562. The molecule has 0 aromatic carbocycles. The van der Waals surface area contributed by atoms with Gasteiger partial charge in [0.2, 0.25) is 0 Å². The van der Waals surface area contributed by atoms with Gasteiger partial charge in [-0.2, -0.15) is 4.31 Å². The highest BCUT2D eigenvalue weighted by atomic mass is 32.2. The third-order valence-electron chi connectivity index (χ3n) is 4.73. The molecule has 120 valence electrons. The van der Waals surface area contributed by atoms with E-state index in [4.69, 9.17) is 0 Å². The number of hydrogen-bond donors (Lipinski definition) is 0. The summed E-state index contributed by atoms with van der Waals surface area (Å²) in [4.78, 5) is 4.00. The zero-order valence-corrected chi connectivity index (χ0v) is 14.1. The summed E-state index contributed by atoms with van der Waals surface area (Å²) >= 11 is 0. The molecule has 0 saturated carbocycles. The van der Waals surface area contributed by atoms with Gasteiger partial charge in [0.05, 0.1) is 6.33 Å². The smallest absolute Gasteiger partial charge is 0.262 e. The van der Waals surface area contributed by atoms with Crippen LogP contribution >= 0.6 is 0 Å². The molecule has 22 heavy (non-hydrogen) atoms. The minimum atomic E-state index is -3.46. The molecule has 5 nitrogen and oxygen atoms in total. The van der Waals surface area contributed by atoms with Gasteiger partial charge in [-0.1, -0.05) is 30.7 Å². The van der Waals surface area contributed by atoms with Crippen LogP contribution in [0, 0.1) is 17.8 Å². The molecule has 0 spiro atoms. The average Bonchev–Trinajstić information content (AvgIpc) is 3.08. The molecule has 2 heterocycles. The van der Waals surface area contributed by atoms with Crippen molar-refractivity contribution in [3.05, 3.63) is 36.3 Å². The number of aryl methyl sites for hydroxylation is 1. The van der Waals surface area contributed by atoms with Gasteiger partial charge in [-0.25, -0.2) is 13.4 Å². The predicted molar refractivity (Wildman–Crippen MR) is 85.6 cm³/mol. The van der Waals surface area contributed by atoms with Gasteiger partial charge in [-0.05, 0) is 31.1 Å². The highest BCUT2D eigenvalue weighted by Crippen LogP contribution is 2.36. The van der Waals surface area contributed by atoms with Crippen molar-refractivity contribution in [1.82, 2.24) is 13.9 Å². The highest BCUT2D eigenvalue weighted by Gasteiger charge is 2.37. The van der Waals surface area contributed by atoms with E-state index in [1.54, 1.807) is 22.1 Å². The van der Waals surface area contributed by atoms with E-state index >= 15 is 0 Å². The van der Waals surface area contributed by atoms with Crippen molar-refractivity contribution < 1.29 is 8.42 Å². The summed E-state index contributed by atoms with van der Waals surface area (Å²) in [6.07, 6.45) is 10.7. The van der Waals surface area contributed by atoms with Crippen LogP contribution in [-0.2, 0) is 17.1 Å². The largest absolute Gasteiger partial charge is 0.339 e. The van der Waals surface area contributed by atoms with E-state index in [-0.39, 0.29) is 5.03 Å². The van der Waals surface area contributed by atoms with Gasteiger partial charge in [0.15, 0.2) is 5.03 Å². The Morgan fingerprint density at radius 2 is 2.14 bits per heavy atom. The maximum absolute atomic E-state index is 12.6. The SMILES string of the molecule is CC1=CC(C)C([C@@H]2CCN(S(=O)(=O)c3cn(C)cn3)C2)C=C1. The first-order chi connectivity index (χ1) is 10.4. The van der Waals surface area contributed by atoms with Gasteiger partial charge in [-0.15, -0.1) is 0 Å². The number of allylic oxidation sites excluding steroid dienone is 4. The van der Waals surface area contributed by atoms with Crippen LogP contribution in [0.1, 0.15) is 20.3 Å². The molecule has 3 atom stereocenters. The summed E-state index contributed by atoms with van der Waals surface area (Å²) in [5.41, 5.74) is 1.29. The summed E-state index contributed by atoms with van der Waals surface area (Å²) in [5, 5.41) is 0.152. The number of sulfonamides is 1. The van der Waals surface area contributed by atoms with E-state index in [2.05, 4.69) is 37.1 Å². The van der Waals surface area contributed by atoms with Gasteiger partial charge in [-0.3, -0.25) is 0 Å². The fourth-order valence-corrected chi connectivity index (χ4v) is 5.02. The molecule has 1 aliphatic heterocycles. The third kappa shape index (κ3) is 2.77. The Morgan fingerprint density at radius 3 is 2.77 bits per heavy atom. The van der Waals surface area contributed by atoms with Crippen molar-refractivity contribution in [2.24, 2.45) is 24.8 Å². The topological polar surface area (TPSA) is 55.2 Å². The first-order valence-corrected chi connectivity index (χ1v) is 9.16. The summed E-state index contributed by atoms with van der Waals surface area (Å²) < 4.78 is 28.5. The molecule has 0 radical (unpaired) electrons. The summed E-state index contributed by atoms with van der Waals surface area (Å²) in [7, 11) is -1.68. The molecule has 3 rings (SSSR count). The van der Waals surface area contributed by atoms with Crippen LogP contribution in [0.4, 0.5) is 0 Å². The van der Waals surface area contributed by atoms with Crippen LogP contribution in [0.3, 0.4) is 0 Å². The number of hydrogen-bond acceptors (Lipinski definition) is 3. The van der Waals surface area contributed by atoms with Gasteiger partial charge >= 0.3 is 0 Å². The molecule has 0 amide bonds. The summed E-state index contributed by atoms with van der Waals surface area (Å²) in [6.45, 7) is 5.50. The number of rotatable bonds is 3. The van der Waals surface area contributed by atoms with Gasteiger partial charge in [0.25, 0.3) is 10.0 Å². The molecular weight excluding hydrogens is 298 g/mol. The Hall–Kier alpha value is -1.40. The van der Waals surface area contributed by atoms with E-state index in [1.165, 1.54) is 11.9 Å². The van der Waals surface area contributed by atoms with Crippen molar-refractivity contribution >= 4 is 10.0 Å². The molecule has 0 N–H and O–H groups in total. The van der Waals surface area contributed by atoms with E-state index in [0.29, 0.717) is 30.8 Å². The minimum Gasteiger partial charge on any atom is -0.339 e. The van der Waals surface area contributed by atoms with Crippen molar-refractivity contribution in [2.45, 2.75) is 25.3 Å². The Kier molecular flexibility index (Phi) is 3.99. The lowest BCUT2D eigenvalue weighted by Gasteiger charge is -2.27. The van der Waals surface area contributed by atoms with Crippen molar-refractivity contribution in [3.63, 3.8) is 0 Å². The molecule has 1 aromatic rings. The third-order valence-corrected chi connectivity index (χ3v) is 6.48. The van der Waals surface area contributed by atoms with Crippen LogP contribution in [0.25, 0.3) is 0 Å². The molecule has 6 heteroatoms. The van der Waals surface area contributed by atoms with E-state index in [9.17, 15) is 8.42 Å². The zero-order valence-electron chi connectivity index (χ0n) is 13.3. The lowest BCUT2D eigenvalue weighted by atomic mass is 9.78. The maximum Gasteiger partial charge on any atom is 0.262 e. The molecule has 1 aromatic heterocycles. The molecule has 2 unspecified atom stereocenters. The second kappa shape index (κ2) is 5.66. The maximum atomic E-state index is 12.6. The standard InChI is InChI=1S/C16H23N3O2S/c1-12-4-5-15(13(2)8-12)14-6-7-19(9-14)22(20,21)16-10-18(3)11-17-16/h4-5,8,10-11,13-15H,6-7,9H2,1-3H3/t13?,14-,15?/m1/s1. The molecule has 1 saturated heterocycles. The van der Waals surface area contributed by atoms with Crippen molar-refractivity contribution in [1.29, 1.82) is 0 Å². The van der Waals surface area contributed by atoms with Crippen molar-refractivity contribution in [3.8, 4) is 0 Å². The quantitative estimate of drug-likeness (QED) is 0.857. The number of imidazole rings is 1. The van der Waals surface area contributed by atoms with Gasteiger partial charge in [0.1, 0.15) is 0 Å². The van der Waals surface area contributed by atoms with Gasteiger partial charge < -0.3 is 4.57 Å². The highest BCUT2D eigenvalue weighted by molar-refractivity contribution is 7.89. The Labute approximate surface area is 132 Å². The second-order valence-electron chi connectivity index (χ2n) is 6.50. The molecule has 1 fully saturated rings. The van der Waals surface area contributed by atoms with Crippen LogP contribution < -0.4 is 0 Å². The molecular formula is C16H23N3O2S. The average molecular weight is 321 g/mol. The first kappa shape index (κ1) is 15.5. The van der Waals surface area contributed by atoms with Crippen LogP contribution in [0.15, 0.2) is 41.4 Å². The monoisotopic (exact) mass is 321 g/mol.